The van der Waals surface area contributed by atoms with Gasteiger partial charge in [-0.2, -0.15) is 0 Å². The Bertz CT molecular complexity index is 509. The van der Waals surface area contributed by atoms with Gasteiger partial charge in [0.05, 0.1) is 17.0 Å². The lowest BCUT2D eigenvalue weighted by atomic mass is 9.97. The van der Waals surface area contributed by atoms with Gasteiger partial charge < -0.3 is 15.4 Å². The Morgan fingerprint density at radius 1 is 1.50 bits per heavy atom. The Kier molecular flexibility index (Phi) is 5.24. The van der Waals surface area contributed by atoms with Crippen LogP contribution in [-0.2, 0) is 4.79 Å². The molecule has 0 aliphatic heterocycles. The van der Waals surface area contributed by atoms with Gasteiger partial charge in [0.2, 0.25) is 0 Å². The van der Waals surface area contributed by atoms with Gasteiger partial charge >= 0.3 is 5.97 Å². The Hall–Kier alpha value is -2.38. The summed E-state index contributed by atoms with van der Waals surface area (Å²) in [6.45, 7) is 3.78. The number of carbonyl (C=O) groups excluding carboxylic acids is 1. The van der Waals surface area contributed by atoms with Gasteiger partial charge in [0.1, 0.15) is 5.69 Å². The van der Waals surface area contributed by atoms with Crippen molar-refractivity contribution in [1.82, 2.24) is 10.3 Å². The fourth-order valence-corrected chi connectivity index (χ4v) is 1.77. The topological polar surface area (TPSA) is 125 Å². The van der Waals surface area contributed by atoms with E-state index in [1.165, 1.54) is 0 Å². The van der Waals surface area contributed by atoms with Crippen LogP contribution in [0.5, 0.6) is 0 Å². The molecule has 1 atom stereocenters. The van der Waals surface area contributed by atoms with Crippen molar-refractivity contribution in [1.29, 1.82) is 0 Å². The molecule has 0 bridgehead atoms. The summed E-state index contributed by atoms with van der Waals surface area (Å²) < 4.78 is 0. The number of H-pyrrole nitrogens is 1. The van der Waals surface area contributed by atoms with Gasteiger partial charge in [0.15, 0.2) is 0 Å². The smallest absolute Gasteiger partial charge is 0.308 e. The minimum Gasteiger partial charge on any atom is -0.481 e. The molecule has 0 aliphatic rings. The van der Waals surface area contributed by atoms with Crippen LogP contribution in [0.1, 0.15) is 30.8 Å². The molecule has 3 N–H and O–H groups in total. The zero-order valence-electron chi connectivity index (χ0n) is 11.3. The molecule has 8 nitrogen and oxygen atoms in total. The van der Waals surface area contributed by atoms with E-state index < -0.39 is 22.7 Å². The molecule has 0 spiro atoms. The third-order valence-corrected chi connectivity index (χ3v) is 2.74. The zero-order valence-corrected chi connectivity index (χ0v) is 11.3. The lowest BCUT2D eigenvalue weighted by Gasteiger charge is -2.14. The van der Waals surface area contributed by atoms with Crippen molar-refractivity contribution in [2.24, 2.45) is 11.8 Å². The van der Waals surface area contributed by atoms with Gasteiger partial charge in [-0.1, -0.05) is 13.8 Å². The fraction of sp³-hybridized carbons (Fsp3) is 0.500. The predicted molar refractivity (Wildman–Crippen MR) is 70.4 cm³/mol. The van der Waals surface area contributed by atoms with Crippen molar-refractivity contribution < 1.29 is 19.6 Å². The van der Waals surface area contributed by atoms with Crippen LogP contribution >= 0.6 is 0 Å². The maximum atomic E-state index is 11.7. The number of aromatic nitrogens is 1. The molecular formula is C12H17N3O5. The number of hydrogen-bond donors (Lipinski definition) is 3. The second-order valence-electron chi connectivity index (χ2n) is 4.90. The van der Waals surface area contributed by atoms with Crippen molar-refractivity contribution in [2.75, 3.05) is 6.54 Å². The number of nitrogens with zero attached hydrogens (tertiary/aromatic N) is 1. The predicted octanol–water partition coefficient (Wildman–Crippen LogP) is 1.40. The number of carboxylic acid groups (broad SMARTS) is 1. The first-order valence-electron chi connectivity index (χ1n) is 6.15. The standard InChI is InChI=1S/C12H17N3O5/c1-7(2)3-8(12(17)18)5-14-11(16)10-4-9(6-13-10)15(19)20/h4,6-8,13H,3,5H2,1-2H3,(H,14,16)(H,17,18). The molecular weight excluding hydrogens is 266 g/mol. The van der Waals surface area contributed by atoms with E-state index in [-0.39, 0.29) is 23.8 Å². The molecule has 1 heterocycles. The molecule has 0 saturated heterocycles. The van der Waals surface area contributed by atoms with Crippen LogP contribution in [0.25, 0.3) is 0 Å². The number of rotatable bonds is 7. The maximum Gasteiger partial charge on any atom is 0.308 e. The summed E-state index contributed by atoms with van der Waals surface area (Å²) in [7, 11) is 0. The number of carboxylic acids is 1. The highest BCUT2D eigenvalue weighted by atomic mass is 16.6. The third-order valence-electron chi connectivity index (χ3n) is 2.74. The quantitative estimate of drug-likeness (QED) is 0.515. The van der Waals surface area contributed by atoms with Crippen LogP contribution in [0.15, 0.2) is 12.3 Å². The highest BCUT2D eigenvalue weighted by molar-refractivity contribution is 5.93. The summed E-state index contributed by atoms with van der Waals surface area (Å²) in [6, 6.07) is 1.10. The second kappa shape index (κ2) is 6.69. The number of nitrogens with one attached hydrogen (secondary N) is 2. The molecule has 1 rings (SSSR count). The summed E-state index contributed by atoms with van der Waals surface area (Å²) in [5, 5.41) is 22.0. The highest BCUT2D eigenvalue weighted by Crippen LogP contribution is 2.13. The van der Waals surface area contributed by atoms with Crippen LogP contribution in [0.3, 0.4) is 0 Å². The van der Waals surface area contributed by atoms with E-state index in [4.69, 9.17) is 5.11 Å². The summed E-state index contributed by atoms with van der Waals surface area (Å²) in [5.74, 6) is -2.02. The van der Waals surface area contributed by atoms with E-state index in [1.54, 1.807) is 0 Å². The first-order valence-corrected chi connectivity index (χ1v) is 6.15. The minimum absolute atomic E-state index is 0.0147. The monoisotopic (exact) mass is 283 g/mol. The zero-order chi connectivity index (χ0) is 15.3. The average Bonchev–Trinajstić information content (AvgIpc) is 2.82. The van der Waals surface area contributed by atoms with Crippen molar-refractivity contribution in [3.63, 3.8) is 0 Å². The molecule has 1 amide bonds. The lowest BCUT2D eigenvalue weighted by molar-refractivity contribution is -0.384. The van der Waals surface area contributed by atoms with E-state index in [1.807, 2.05) is 13.8 Å². The van der Waals surface area contributed by atoms with Crippen molar-refractivity contribution >= 4 is 17.6 Å². The van der Waals surface area contributed by atoms with Crippen molar-refractivity contribution in [3.8, 4) is 0 Å². The SMILES string of the molecule is CC(C)CC(CNC(=O)c1cc([N+](=O)[O-])c[nH]1)C(=O)O. The van der Waals surface area contributed by atoms with Crippen LogP contribution < -0.4 is 5.32 Å². The third kappa shape index (κ3) is 4.38. The fourth-order valence-electron chi connectivity index (χ4n) is 1.77. The molecule has 1 unspecified atom stereocenters. The van der Waals surface area contributed by atoms with Crippen LogP contribution in [0, 0.1) is 22.0 Å². The summed E-state index contributed by atoms with van der Waals surface area (Å²) in [5.41, 5.74) is -0.183. The molecule has 1 aromatic heterocycles. The number of hydrogen-bond acceptors (Lipinski definition) is 4. The van der Waals surface area contributed by atoms with Crippen molar-refractivity contribution in [3.05, 3.63) is 28.1 Å². The Morgan fingerprint density at radius 3 is 2.60 bits per heavy atom. The van der Waals surface area contributed by atoms with Crippen molar-refractivity contribution in [2.45, 2.75) is 20.3 Å². The lowest BCUT2D eigenvalue weighted by Crippen LogP contribution is -2.33. The first-order chi connectivity index (χ1) is 9.31. The second-order valence-corrected chi connectivity index (χ2v) is 4.90. The van der Waals surface area contributed by atoms with Gasteiger partial charge in [0, 0.05) is 12.6 Å². The first kappa shape index (κ1) is 15.7. The average molecular weight is 283 g/mol. The van der Waals surface area contributed by atoms with Gasteiger partial charge in [0.25, 0.3) is 11.6 Å². The maximum absolute atomic E-state index is 11.7. The van der Waals surface area contributed by atoms with E-state index in [9.17, 15) is 19.7 Å². The van der Waals surface area contributed by atoms with Gasteiger partial charge in [-0.3, -0.25) is 19.7 Å². The number of carbonyl (C=O) groups is 2. The summed E-state index contributed by atoms with van der Waals surface area (Å²) >= 11 is 0. The van der Waals surface area contributed by atoms with E-state index in [0.29, 0.717) is 6.42 Å². The molecule has 20 heavy (non-hydrogen) atoms. The Labute approximate surface area is 115 Å². The van der Waals surface area contributed by atoms with E-state index in [2.05, 4.69) is 10.3 Å². The molecule has 0 aliphatic carbocycles. The van der Waals surface area contributed by atoms with Crippen LogP contribution in [0.2, 0.25) is 0 Å². The number of aromatic amines is 1. The van der Waals surface area contributed by atoms with Gasteiger partial charge in [-0.15, -0.1) is 0 Å². The summed E-state index contributed by atoms with van der Waals surface area (Å²) in [4.78, 5) is 35.1. The Morgan fingerprint density at radius 2 is 2.15 bits per heavy atom. The molecule has 1 aromatic rings. The highest BCUT2D eigenvalue weighted by Gasteiger charge is 2.21. The molecule has 8 heteroatoms. The minimum atomic E-state index is -0.975. The summed E-state index contributed by atoms with van der Waals surface area (Å²) in [6.07, 6.45) is 1.55. The molecule has 0 saturated carbocycles. The Balaban J connectivity index is 2.60. The van der Waals surface area contributed by atoms with Gasteiger partial charge in [-0.05, 0) is 12.3 Å². The van der Waals surface area contributed by atoms with Crippen LogP contribution in [-0.4, -0.2) is 33.4 Å². The molecule has 0 fully saturated rings. The molecule has 110 valence electrons. The number of amides is 1. The number of aliphatic carboxylic acids is 1. The number of nitro groups is 1. The molecule has 0 radical (unpaired) electrons. The largest absolute Gasteiger partial charge is 0.481 e. The van der Waals surface area contributed by atoms with E-state index >= 15 is 0 Å². The van der Waals surface area contributed by atoms with E-state index in [0.717, 1.165) is 12.3 Å². The van der Waals surface area contributed by atoms with Crippen LogP contribution in [0.4, 0.5) is 5.69 Å². The van der Waals surface area contributed by atoms with Gasteiger partial charge in [-0.25, -0.2) is 0 Å². The normalized spacial score (nSPS) is 12.2. The molecule has 0 aromatic carbocycles.